The maximum absolute atomic E-state index is 12.3. The van der Waals surface area contributed by atoms with Crippen LogP contribution in [0.25, 0.3) is 0 Å². The number of carbonyl (C=O) groups excluding carboxylic acids is 2. The fourth-order valence-corrected chi connectivity index (χ4v) is 2.76. The van der Waals surface area contributed by atoms with Gasteiger partial charge in [0.2, 0.25) is 0 Å². The van der Waals surface area contributed by atoms with Crippen LogP contribution in [0.2, 0.25) is 0 Å². The molecule has 5 nitrogen and oxygen atoms in total. The molecule has 0 spiro atoms. The molecule has 0 radical (unpaired) electrons. The molecule has 0 heterocycles. The van der Waals surface area contributed by atoms with Crippen molar-refractivity contribution in [1.82, 2.24) is 0 Å². The van der Waals surface area contributed by atoms with Crippen molar-refractivity contribution < 1.29 is 14.5 Å². The van der Waals surface area contributed by atoms with Gasteiger partial charge >= 0.3 is 0 Å². The van der Waals surface area contributed by atoms with Crippen molar-refractivity contribution in [3.8, 4) is 0 Å². The van der Waals surface area contributed by atoms with Gasteiger partial charge in [0.1, 0.15) is 0 Å². The second-order valence-electron chi connectivity index (χ2n) is 4.81. The van der Waals surface area contributed by atoms with E-state index in [0.717, 1.165) is 12.8 Å². The Kier molecular flexibility index (Phi) is 2.55. The van der Waals surface area contributed by atoms with Gasteiger partial charge in [0.05, 0.1) is 4.92 Å². The molecule has 0 saturated carbocycles. The number of ketones is 2. The summed E-state index contributed by atoms with van der Waals surface area (Å²) >= 11 is 0. The molecule has 0 bridgehead atoms. The smallest absolute Gasteiger partial charge is 0.270 e. The molecule has 2 aliphatic rings. The molecular weight excluding hydrogens is 246 g/mol. The predicted molar refractivity (Wildman–Crippen MR) is 67.3 cm³/mol. The minimum absolute atomic E-state index is 0.140. The van der Waals surface area contributed by atoms with Gasteiger partial charge in [-0.25, -0.2) is 0 Å². The molecule has 0 aromatic heterocycles. The summed E-state index contributed by atoms with van der Waals surface area (Å²) in [5, 5.41) is 10.8. The summed E-state index contributed by atoms with van der Waals surface area (Å²) < 4.78 is 0. The summed E-state index contributed by atoms with van der Waals surface area (Å²) in [7, 11) is 0. The van der Waals surface area contributed by atoms with E-state index in [0.29, 0.717) is 29.6 Å². The zero-order chi connectivity index (χ0) is 13.6. The number of Topliss-reactive ketones (excluding diaryl/α,β-unsaturated/α-hetero) is 2. The van der Waals surface area contributed by atoms with Crippen LogP contribution in [0.5, 0.6) is 0 Å². The zero-order valence-corrected chi connectivity index (χ0v) is 10.1. The predicted octanol–water partition coefficient (Wildman–Crippen LogP) is 2.84. The van der Waals surface area contributed by atoms with E-state index in [2.05, 4.69) is 0 Å². The van der Waals surface area contributed by atoms with Crippen LogP contribution >= 0.6 is 0 Å². The number of hydrogen-bond acceptors (Lipinski definition) is 4. The average molecular weight is 257 g/mol. The number of rotatable bonds is 1. The molecule has 0 N–H and O–H groups in total. The molecule has 19 heavy (non-hydrogen) atoms. The topological polar surface area (TPSA) is 77.3 Å². The highest BCUT2D eigenvalue weighted by Gasteiger charge is 2.34. The number of nitrogens with zero attached hydrogens (tertiary/aromatic N) is 1. The molecule has 3 rings (SSSR count). The van der Waals surface area contributed by atoms with E-state index in [1.54, 1.807) is 0 Å². The summed E-state index contributed by atoms with van der Waals surface area (Å²) in [4.78, 5) is 34.8. The fourth-order valence-electron chi connectivity index (χ4n) is 2.76. The van der Waals surface area contributed by atoms with E-state index >= 15 is 0 Å². The van der Waals surface area contributed by atoms with Crippen molar-refractivity contribution >= 4 is 17.3 Å². The van der Waals surface area contributed by atoms with Crippen molar-refractivity contribution in [2.24, 2.45) is 0 Å². The van der Waals surface area contributed by atoms with Gasteiger partial charge in [0, 0.05) is 34.4 Å². The zero-order valence-electron chi connectivity index (χ0n) is 10.1. The summed E-state index contributed by atoms with van der Waals surface area (Å²) in [6.07, 6.45) is 3.04. The number of hydrogen-bond donors (Lipinski definition) is 0. The Bertz CT molecular complexity index is 657. The second kappa shape index (κ2) is 4.12. The Morgan fingerprint density at radius 2 is 1.53 bits per heavy atom. The lowest BCUT2D eigenvalue weighted by molar-refractivity contribution is -0.384. The molecule has 1 aromatic rings. The van der Waals surface area contributed by atoms with E-state index in [4.69, 9.17) is 0 Å². The standard InChI is InChI=1S/C14H11NO4/c16-13-9-3-1-2-4-10(9)14(17)12-7-8(15(18)19)5-6-11(12)13/h5-7H,1-4H2. The first-order chi connectivity index (χ1) is 9.09. The van der Waals surface area contributed by atoms with Gasteiger partial charge in [-0.2, -0.15) is 0 Å². The van der Waals surface area contributed by atoms with Gasteiger partial charge < -0.3 is 0 Å². The van der Waals surface area contributed by atoms with Gasteiger partial charge in [-0.05, 0) is 31.7 Å². The van der Waals surface area contributed by atoms with Crippen molar-refractivity contribution in [3.63, 3.8) is 0 Å². The molecule has 0 aliphatic heterocycles. The lowest BCUT2D eigenvalue weighted by Gasteiger charge is -2.24. The third-order valence-corrected chi connectivity index (χ3v) is 3.72. The van der Waals surface area contributed by atoms with Gasteiger partial charge in [0.15, 0.2) is 11.6 Å². The van der Waals surface area contributed by atoms with Crippen LogP contribution in [0.3, 0.4) is 0 Å². The Balaban J connectivity index is 2.18. The van der Waals surface area contributed by atoms with Crippen molar-refractivity contribution in [2.75, 3.05) is 0 Å². The quantitative estimate of drug-likeness (QED) is 0.572. The number of benzene rings is 1. The Labute approximate surface area is 109 Å². The number of nitro benzene ring substituents is 1. The molecule has 0 fully saturated rings. The number of non-ortho nitro benzene ring substituents is 1. The molecule has 0 atom stereocenters. The summed E-state index contributed by atoms with van der Waals surface area (Å²) in [5.74, 6) is -0.354. The van der Waals surface area contributed by atoms with E-state index in [1.807, 2.05) is 0 Å². The highest BCUT2D eigenvalue weighted by atomic mass is 16.6. The molecule has 0 unspecified atom stereocenters. The summed E-state index contributed by atoms with van der Waals surface area (Å²) in [6, 6.07) is 3.89. The first kappa shape index (κ1) is 11.8. The Morgan fingerprint density at radius 1 is 0.947 bits per heavy atom. The van der Waals surface area contributed by atoms with Gasteiger partial charge in [-0.15, -0.1) is 0 Å². The van der Waals surface area contributed by atoms with E-state index in [9.17, 15) is 19.7 Å². The Morgan fingerprint density at radius 3 is 2.11 bits per heavy atom. The Hall–Kier alpha value is -2.30. The van der Waals surface area contributed by atoms with Crippen molar-refractivity contribution in [3.05, 3.63) is 50.6 Å². The maximum Gasteiger partial charge on any atom is 0.270 e. The van der Waals surface area contributed by atoms with Crippen LogP contribution < -0.4 is 0 Å². The molecule has 96 valence electrons. The highest BCUT2D eigenvalue weighted by molar-refractivity contribution is 6.27. The van der Waals surface area contributed by atoms with Crippen LogP contribution in [0, 0.1) is 10.1 Å². The van der Waals surface area contributed by atoms with Crippen molar-refractivity contribution in [2.45, 2.75) is 25.7 Å². The van der Waals surface area contributed by atoms with Gasteiger partial charge in [-0.1, -0.05) is 0 Å². The van der Waals surface area contributed by atoms with Crippen molar-refractivity contribution in [1.29, 1.82) is 0 Å². The monoisotopic (exact) mass is 257 g/mol. The molecular formula is C14H11NO4. The maximum atomic E-state index is 12.3. The molecule has 0 amide bonds. The number of fused-ring (bicyclic) bond motifs is 1. The van der Waals surface area contributed by atoms with Crippen LogP contribution in [-0.2, 0) is 0 Å². The average Bonchev–Trinajstić information content (AvgIpc) is 2.44. The lowest BCUT2D eigenvalue weighted by Crippen LogP contribution is -2.24. The fraction of sp³-hybridized carbons (Fsp3) is 0.286. The SMILES string of the molecule is O=C1C2=C(CCCC2)C(=O)c2cc([N+](=O)[O-])ccc21. The third-order valence-electron chi connectivity index (χ3n) is 3.72. The largest absolute Gasteiger partial charge is 0.289 e. The van der Waals surface area contributed by atoms with E-state index in [1.165, 1.54) is 18.2 Å². The number of allylic oxidation sites excluding steroid dienone is 2. The number of carbonyl (C=O) groups is 2. The molecule has 1 aromatic carbocycles. The second-order valence-corrected chi connectivity index (χ2v) is 4.81. The van der Waals surface area contributed by atoms with E-state index < -0.39 is 4.92 Å². The van der Waals surface area contributed by atoms with E-state index in [-0.39, 0.29) is 22.8 Å². The van der Waals surface area contributed by atoms with Gasteiger partial charge in [-0.3, -0.25) is 19.7 Å². The molecule has 0 saturated heterocycles. The molecule has 2 aliphatic carbocycles. The van der Waals surface area contributed by atoms with Crippen LogP contribution in [0.15, 0.2) is 29.3 Å². The minimum Gasteiger partial charge on any atom is -0.289 e. The number of nitro groups is 1. The van der Waals surface area contributed by atoms with Crippen LogP contribution in [0.1, 0.15) is 46.4 Å². The third kappa shape index (κ3) is 1.69. The van der Waals surface area contributed by atoms with Gasteiger partial charge in [0.25, 0.3) is 5.69 Å². The van der Waals surface area contributed by atoms with Crippen LogP contribution in [-0.4, -0.2) is 16.5 Å². The normalized spacial score (nSPS) is 18.1. The highest BCUT2D eigenvalue weighted by Crippen LogP contribution is 2.36. The first-order valence-corrected chi connectivity index (χ1v) is 6.19. The minimum atomic E-state index is -0.553. The summed E-state index contributed by atoms with van der Waals surface area (Å²) in [5.41, 5.74) is 1.50. The lowest BCUT2D eigenvalue weighted by atomic mass is 9.77. The summed E-state index contributed by atoms with van der Waals surface area (Å²) in [6.45, 7) is 0. The molecule has 5 heteroatoms. The van der Waals surface area contributed by atoms with Crippen LogP contribution in [0.4, 0.5) is 5.69 Å². The first-order valence-electron chi connectivity index (χ1n) is 6.19.